The van der Waals surface area contributed by atoms with Crippen LogP contribution >= 0.6 is 0 Å². The third-order valence-electron chi connectivity index (χ3n) is 2.58. The van der Waals surface area contributed by atoms with E-state index in [2.05, 4.69) is 4.98 Å². The quantitative estimate of drug-likeness (QED) is 0.833. The van der Waals surface area contributed by atoms with Crippen LogP contribution in [0.15, 0.2) is 36.7 Å². The summed E-state index contributed by atoms with van der Waals surface area (Å²) in [6.45, 7) is 1.74. The van der Waals surface area contributed by atoms with E-state index in [1.807, 2.05) is 6.07 Å². The van der Waals surface area contributed by atoms with E-state index >= 15 is 0 Å². The maximum absolute atomic E-state index is 11.3. The van der Waals surface area contributed by atoms with Crippen LogP contribution in [0, 0.1) is 0 Å². The average molecular weight is 244 g/mol. The zero-order valence-corrected chi connectivity index (χ0v) is 9.83. The molecule has 0 aromatic carbocycles. The standard InChI is InChI=1S/C13H12N2O3/c1-9(16)10-6-12(13(17)18)15(7-10)8-11-4-2-3-5-14-11/h2-7H,8H2,1H3,(H,17,18). The topological polar surface area (TPSA) is 72.2 Å². The van der Waals surface area contributed by atoms with Crippen molar-refractivity contribution in [2.45, 2.75) is 13.5 Å². The first-order valence-electron chi connectivity index (χ1n) is 5.42. The van der Waals surface area contributed by atoms with E-state index in [0.717, 1.165) is 5.69 Å². The molecule has 0 fully saturated rings. The Hall–Kier alpha value is -2.43. The van der Waals surface area contributed by atoms with E-state index in [4.69, 9.17) is 5.11 Å². The summed E-state index contributed by atoms with van der Waals surface area (Å²) in [6, 6.07) is 6.81. The van der Waals surface area contributed by atoms with E-state index < -0.39 is 5.97 Å². The molecule has 92 valence electrons. The molecule has 0 amide bonds. The number of hydrogen-bond donors (Lipinski definition) is 1. The molecule has 0 aliphatic rings. The van der Waals surface area contributed by atoms with Crippen molar-refractivity contribution < 1.29 is 14.7 Å². The van der Waals surface area contributed by atoms with E-state index in [0.29, 0.717) is 12.1 Å². The number of rotatable bonds is 4. The molecule has 5 heteroatoms. The molecule has 18 heavy (non-hydrogen) atoms. The van der Waals surface area contributed by atoms with Crippen LogP contribution in [0.3, 0.4) is 0 Å². The van der Waals surface area contributed by atoms with Crippen LogP contribution in [-0.2, 0) is 6.54 Å². The van der Waals surface area contributed by atoms with Crippen LogP contribution in [0.5, 0.6) is 0 Å². The van der Waals surface area contributed by atoms with E-state index in [-0.39, 0.29) is 11.5 Å². The van der Waals surface area contributed by atoms with Crippen molar-refractivity contribution in [2.24, 2.45) is 0 Å². The molecule has 2 heterocycles. The minimum absolute atomic E-state index is 0.0888. The molecular formula is C13H12N2O3. The Balaban J connectivity index is 2.37. The minimum Gasteiger partial charge on any atom is -0.477 e. The van der Waals surface area contributed by atoms with Gasteiger partial charge in [0.1, 0.15) is 5.69 Å². The summed E-state index contributed by atoms with van der Waals surface area (Å²) < 4.78 is 1.52. The molecule has 0 saturated carbocycles. The molecule has 0 atom stereocenters. The van der Waals surface area contributed by atoms with Gasteiger partial charge in [0.05, 0.1) is 12.2 Å². The van der Waals surface area contributed by atoms with Crippen LogP contribution in [0.2, 0.25) is 0 Å². The Morgan fingerprint density at radius 3 is 2.72 bits per heavy atom. The van der Waals surface area contributed by atoms with Crippen molar-refractivity contribution in [1.82, 2.24) is 9.55 Å². The molecule has 0 bridgehead atoms. The zero-order chi connectivity index (χ0) is 13.1. The predicted molar refractivity (Wildman–Crippen MR) is 64.7 cm³/mol. The SMILES string of the molecule is CC(=O)c1cc(C(=O)O)n(Cc2ccccn2)c1. The second kappa shape index (κ2) is 4.83. The monoisotopic (exact) mass is 244 g/mol. The molecule has 0 aliphatic heterocycles. The fraction of sp³-hybridized carbons (Fsp3) is 0.154. The lowest BCUT2D eigenvalue weighted by Gasteiger charge is -2.04. The maximum atomic E-state index is 11.3. The first-order chi connectivity index (χ1) is 8.58. The Kier molecular flexibility index (Phi) is 3.23. The Morgan fingerprint density at radius 1 is 1.39 bits per heavy atom. The lowest BCUT2D eigenvalue weighted by Crippen LogP contribution is -2.09. The Bertz CT molecular complexity index is 588. The van der Waals surface area contributed by atoms with Gasteiger partial charge in [0.2, 0.25) is 0 Å². The minimum atomic E-state index is -1.06. The van der Waals surface area contributed by atoms with Gasteiger partial charge in [0, 0.05) is 18.0 Å². The molecule has 0 aliphatic carbocycles. The number of nitrogens with zero attached hydrogens (tertiary/aromatic N) is 2. The summed E-state index contributed by atoms with van der Waals surface area (Å²) in [5.74, 6) is -1.21. The first kappa shape index (κ1) is 12.0. The molecular weight excluding hydrogens is 232 g/mol. The highest BCUT2D eigenvalue weighted by Crippen LogP contribution is 2.12. The third kappa shape index (κ3) is 2.45. The van der Waals surface area contributed by atoms with Gasteiger partial charge in [-0.2, -0.15) is 0 Å². The van der Waals surface area contributed by atoms with Crippen molar-refractivity contribution >= 4 is 11.8 Å². The number of aromatic carboxylic acids is 1. The van der Waals surface area contributed by atoms with Gasteiger partial charge in [-0.05, 0) is 25.1 Å². The van der Waals surface area contributed by atoms with Crippen LogP contribution in [0.25, 0.3) is 0 Å². The maximum Gasteiger partial charge on any atom is 0.352 e. The van der Waals surface area contributed by atoms with E-state index in [9.17, 15) is 9.59 Å². The summed E-state index contributed by atoms with van der Waals surface area (Å²) in [4.78, 5) is 26.5. The molecule has 2 aromatic rings. The van der Waals surface area contributed by atoms with Crippen molar-refractivity contribution in [1.29, 1.82) is 0 Å². The first-order valence-corrected chi connectivity index (χ1v) is 5.42. The molecule has 2 aromatic heterocycles. The normalized spacial score (nSPS) is 10.3. The van der Waals surface area contributed by atoms with Gasteiger partial charge in [0.25, 0.3) is 0 Å². The van der Waals surface area contributed by atoms with E-state index in [1.54, 1.807) is 24.5 Å². The number of carbonyl (C=O) groups is 2. The van der Waals surface area contributed by atoms with Gasteiger partial charge in [0.15, 0.2) is 5.78 Å². The second-order valence-electron chi connectivity index (χ2n) is 3.92. The van der Waals surface area contributed by atoms with Crippen LogP contribution in [-0.4, -0.2) is 26.4 Å². The molecule has 0 radical (unpaired) electrons. The van der Waals surface area contributed by atoms with Crippen molar-refractivity contribution in [3.05, 3.63) is 53.6 Å². The highest BCUT2D eigenvalue weighted by molar-refractivity contribution is 5.97. The van der Waals surface area contributed by atoms with Crippen molar-refractivity contribution in [2.75, 3.05) is 0 Å². The van der Waals surface area contributed by atoms with Crippen LogP contribution in [0.4, 0.5) is 0 Å². The number of Topliss-reactive ketones (excluding diaryl/α,β-unsaturated/α-hetero) is 1. The smallest absolute Gasteiger partial charge is 0.352 e. The van der Waals surface area contributed by atoms with Gasteiger partial charge in [-0.25, -0.2) is 4.79 Å². The number of hydrogen-bond acceptors (Lipinski definition) is 3. The summed E-state index contributed by atoms with van der Waals surface area (Å²) in [5.41, 5.74) is 1.22. The lowest BCUT2D eigenvalue weighted by molar-refractivity contribution is 0.0685. The highest BCUT2D eigenvalue weighted by atomic mass is 16.4. The zero-order valence-electron chi connectivity index (χ0n) is 9.83. The fourth-order valence-corrected chi connectivity index (χ4v) is 1.68. The van der Waals surface area contributed by atoms with Gasteiger partial charge in [-0.1, -0.05) is 6.07 Å². The summed E-state index contributed by atoms with van der Waals surface area (Å²) in [7, 11) is 0. The van der Waals surface area contributed by atoms with Crippen LogP contribution < -0.4 is 0 Å². The third-order valence-corrected chi connectivity index (χ3v) is 2.58. The summed E-state index contributed by atoms with van der Waals surface area (Å²) >= 11 is 0. The second-order valence-corrected chi connectivity index (χ2v) is 3.92. The average Bonchev–Trinajstić information content (AvgIpc) is 2.74. The summed E-state index contributed by atoms with van der Waals surface area (Å²) in [5, 5.41) is 9.09. The van der Waals surface area contributed by atoms with E-state index in [1.165, 1.54) is 17.6 Å². The summed E-state index contributed by atoms with van der Waals surface area (Å²) in [6.07, 6.45) is 3.19. The number of carboxylic acids is 1. The number of ketones is 1. The van der Waals surface area contributed by atoms with Crippen molar-refractivity contribution in [3.8, 4) is 0 Å². The lowest BCUT2D eigenvalue weighted by atomic mass is 10.2. The molecule has 0 saturated heterocycles. The predicted octanol–water partition coefficient (Wildman–Crippen LogP) is 1.83. The number of aromatic nitrogens is 2. The fourth-order valence-electron chi connectivity index (χ4n) is 1.68. The number of carbonyl (C=O) groups excluding carboxylic acids is 1. The molecule has 5 nitrogen and oxygen atoms in total. The van der Waals surface area contributed by atoms with Crippen LogP contribution in [0.1, 0.15) is 33.5 Å². The van der Waals surface area contributed by atoms with Gasteiger partial charge >= 0.3 is 5.97 Å². The molecule has 0 spiro atoms. The Labute approximate surface area is 104 Å². The molecule has 0 unspecified atom stereocenters. The van der Waals surface area contributed by atoms with Gasteiger partial charge < -0.3 is 9.67 Å². The number of carboxylic acid groups (broad SMARTS) is 1. The number of pyridine rings is 1. The Morgan fingerprint density at radius 2 is 2.17 bits per heavy atom. The van der Waals surface area contributed by atoms with Gasteiger partial charge in [-0.15, -0.1) is 0 Å². The van der Waals surface area contributed by atoms with Gasteiger partial charge in [-0.3, -0.25) is 9.78 Å². The van der Waals surface area contributed by atoms with Crippen molar-refractivity contribution in [3.63, 3.8) is 0 Å². The molecule has 2 rings (SSSR count). The highest BCUT2D eigenvalue weighted by Gasteiger charge is 2.14. The molecule has 1 N–H and O–H groups in total. The largest absolute Gasteiger partial charge is 0.477 e.